The van der Waals surface area contributed by atoms with Gasteiger partial charge in [-0.05, 0) is 6.92 Å². The van der Waals surface area contributed by atoms with Crippen molar-refractivity contribution < 1.29 is 4.79 Å². The molecule has 0 aromatic carbocycles. The van der Waals surface area contributed by atoms with Crippen molar-refractivity contribution in [3.05, 3.63) is 0 Å². The molecule has 0 aromatic rings. The van der Waals surface area contributed by atoms with E-state index in [0.29, 0.717) is 18.6 Å². The number of ketones is 1. The van der Waals surface area contributed by atoms with Gasteiger partial charge in [0.05, 0.1) is 6.04 Å². The van der Waals surface area contributed by atoms with E-state index < -0.39 is 0 Å². The predicted molar refractivity (Wildman–Crippen MR) is 56.8 cm³/mol. The second-order valence-corrected chi connectivity index (χ2v) is 4.12. The van der Waals surface area contributed by atoms with Crippen LogP contribution in [0.1, 0.15) is 19.8 Å². The molecule has 0 aromatic heterocycles. The van der Waals surface area contributed by atoms with Crippen LogP contribution >= 0.6 is 11.8 Å². The third-order valence-corrected chi connectivity index (χ3v) is 3.05. The average molecular weight is 197 g/mol. The number of rotatable bonds is 3. The van der Waals surface area contributed by atoms with E-state index >= 15 is 0 Å². The molecule has 0 aliphatic carbocycles. The number of thioether (sulfide) groups is 1. The summed E-state index contributed by atoms with van der Waals surface area (Å²) in [4.78, 5) is 11.5. The number of Topliss-reactive ketones (excluding diaryl/α,β-unsaturated/α-hetero) is 1. The van der Waals surface area contributed by atoms with Crippen molar-refractivity contribution in [1.82, 2.24) is 5.32 Å². The summed E-state index contributed by atoms with van der Waals surface area (Å²) >= 11 is 1.85. The molecule has 1 atom stereocenters. The van der Waals surface area contributed by atoms with Crippen LogP contribution in [0.25, 0.3) is 0 Å². The van der Waals surface area contributed by atoms with Gasteiger partial charge in [-0.3, -0.25) is 4.79 Å². The first-order valence-electron chi connectivity index (χ1n) is 4.58. The van der Waals surface area contributed by atoms with Crippen LogP contribution in [0, 0.1) is 11.8 Å². The molecule has 1 rings (SSSR count). The maximum Gasteiger partial charge on any atom is 0.151 e. The Hall–Kier alpha value is -0.460. The molecule has 13 heavy (non-hydrogen) atoms. The summed E-state index contributed by atoms with van der Waals surface area (Å²) in [6.45, 7) is 2.76. The van der Waals surface area contributed by atoms with Crippen LogP contribution in [-0.2, 0) is 4.79 Å². The highest BCUT2D eigenvalue weighted by atomic mass is 32.2. The molecule has 2 nitrogen and oxygen atoms in total. The van der Waals surface area contributed by atoms with E-state index in [2.05, 4.69) is 17.2 Å². The van der Waals surface area contributed by atoms with Gasteiger partial charge in [-0.1, -0.05) is 0 Å². The zero-order valence-corrected chi connectivity index (χ0v) is 8.75. The van der Waals surface area contributed by atoms with E-state index in [-0.39, 0.29) is 6.04 Å². The van der Waals surface area contributed by atoms with Gasteiger partial charge >= 0.3 is 0 Å². The minimum Gasteiger partial charge on any atom is -0.306 e. The normalized spacial score (nSPS) is 21.8. The molecule has 1 aliphatic rings. The minimum atomic E-state index is 0.0809. The van der Waals surface area contributed by atoms with Crippen molar-refractivity contribution >= 4 is 17.5 Å². The lowest BCUT2D eigenvalue weighted by Gasteiger charge is -2.21. The Kier molecular flexibility index (Phi) is 4.95. The molecule has 1 aliphatic heterocycles. The largest absolute Gasteiger partial charge is 0.306 e. The summed E-state index contributed by atoms with van der Waals surface area (Å²) in [6.07, 6.45) is 1.30. The van der Waals surface area contributed by atoms with Gasteiger partial charge in [0, 0.05) is 30.9 Å². The second kappa shape index (κ2) is 6.06. The van der Waals surface area contributed by atoms with E-state index in [0.717, 1.165) is 18.1 Å². The molecule has 1 fully saturated rings. The topological polar surface area (TPSA) is 29.1 Å². The summed E-state index contributed by atoms with van der Waals surface area (Å²) in [5.41, 5.74) is 0. The Labute approximate surface area is 83.9 Å². The lowest BCUT2D eigenvalue weighted by Crippen LogP contribution is -2.43. The lowest BCUT2D eigenvalue weighted by atomic mass is 10.1. The molecule has 0 amide bonds. The third kappa shape index (κ3) is 3.84. The van der Waals surface area contributed by atoms with Crippen LogP contribution in [0.3, 0.4) is 0 Å². The summed E-state index contributed by atoms with van der Waals surface area (Å²) in [6, 6.07) is 0.0809. The van der Waals surface area contributed by atoms with Crippen LogP contribution in [-0.4, -0.2) is 29.9 Å². The van der Waals surface area contributed by atoms with Crippen molar-refractivity contribution in [3.63, 3.8) is 0 Å². The molecule has 0 saturated carbocycles. The summed E-state index contributed by atoms with van der Waals surface area (Å²) in [7, 11) is 0. The average Bonchev–Trinajstić information content (AvgIpc) is 2.19. The first-order valence-corrected chi connectivity index (χ1v) is 5.73. The lowest BCUT2D eigenvalue weighted by molar-refractivity contribution is -0.120. The molecular formula is C10H15NOS. The van der Waals surface area contributed by atoms with Crippen molar-refractivity contribution in [2.75, 3.05) is 18.1 Å². The summed E-state index contributed by atoms with van der Waals surface area (Å²) < 4.78 is 0. The van der Waals surface area contributed by atoms with Crippen LogP contribution < -0.4 is 5.32 Å². The molecule has 1 heterocycles. The van der Waals surface area contributed by atoms with Gasteiger partial charge < -0.3 is 5.32 Å². The summed E-state index contributed by atoms with van der Waals surface area (Å²) in [5, 5.41) is 3.23. The predicted octanol–water partition coefficient (Wildman–Crippen LogP) is 1.06. The molecule has 3 heteroatoms. The highest BCUT2D eigenvalue weighted by Crippen LogP contribution is 2.09. The number of hydrogen-bond donors (Lipinski definition) is 1. The zero-order valence-electron chi connectivity index (χ0n) is 7.93. The molecule has 0 radical (unpaired) electrons. The summed E-state index contributed by atoms with van der Waals surface area (Å²) in [5.74, 6) is 8.08. The van der Waals surface area contributed by atoms with Gasteiger partial charge in [0.25, 0.3) is 0 Å². The highest BCUT2D eigenvalue weighted by Gasteiger charge is 2.19. The Morgan fingerprint density at radius 1 is 1.69 bits per heavy atom. The molecule has 1 saturated heterocycles. The smallest absolute Gasteiger partial charge is 0.151 e. The fourth-order valence-electron chi connectivity index (χ4n) is 1.26. The Balaban J connectivity index is 2.23. The molecular weight excluding hydrogens is 182 g/mol. The first kappa shape index (κ1) is 10.6. The van der Waals surface area contributed by atoms with E-state index in [1.807, 2.05) is 11.8 Å². The van der Waals surface area contributed by atoms with Crippen LogP contribution in [0.15, 0.2) is 0 Å². The third-order valence-electron chi connectivity index (χ3n) is 1.98. The number of hydrogen-bond acceptors (Lipinski definition) is 3. The fourth-order valence-corrected chi connectivity index (χ4v) is 2.23. The van der Waals surface area contributed by atoms with Crippen molar-refractivity contribution in [3.8, 4) is 11.8 Å². The minimum absolute atomic E-state index is 0.0809. The molecule has 72 valence electrons. The molecule has 0 bridgehead atoms. The van der Waals surface area contributed by atoms with Gasteiger partial charge in [0.2, 0.25) is 0 Å². The maximum absolute atomic E-state index is 11.5. The van der Waals surface area contributed by atoms with Crippen LogP contribution in [0.2, 0.25) is 0 Å². The highest BCUT2D eigenvalue weighted by molar-refractivity contribution is 7.99. The van der Waals surface area contributed by atoms with Gasteiger partial charge in [0.15, 0.2) is 5.78 Å². The van der Waals surface area contributed by atoms with Gasteiger partial charge in [-0.2, -0.15) is 11.8 Å². The molecule has 0 spiro atoms. The van der Waals surface area contributed by atoms with Gasteiger partial charge in [-0.15, -0.1) is 11.8 Å². The second-order valence-electron chi connectivity index (χ2n) is 2.97. The van der Waals surface area contributed by atoms with Crippen molar-refractivity contribution in [2.45, 2.75) is 25.8 Å². The number of nitrogens with one attached hydrogen (secondary N) is 1. The monoisotopic (exact) mass is 197 g/mol. The number of carbonyl (C=O) groups is 1. The Morgan fingerprint density at radius 2 is 2.54 bits per heavy atom. The van der Waals surface area contributed by atoms with E-state index in [1.54, 1.807) is 6.92 Å². The van der Waals surface area contributed by atoms with E-state index in [9.17, 15) is 4.79 Å². The quantitative estimate of drug-likeness (QED) is 0.686. The van der Waals surface area contributed by atoms with E-state index in [1.165, 1.54) is 0 Å². The van der Waals surface area contributed by atoms with Gasteiger partial charge in [-0.25, -0.2) is 0 Å². The zero-order chi connectivity index (χ0) is 9.52. The molecule has 1 unspecified atom stereocenters. The van der Waals surface area contributed by atoms with Crippen LogP contribution in [0.4, 0.5) is 0 Å². The van der Waals surface area contributed by atoms with Crippen LogP contribution in [0.5, 0.6) is 0 Å². The van der Waals surface area contributed by atoms with E-state index in [4.69, 9.17) is 0 Å². The fraction of sp³-hybridized carbons (Fsp3) is 0.700. The first-order chi connectivity index (χ1) is 6.34. The number of carbonyl (C=O) groups excluding carboxylic acids is 1. The van der Waals surface area contributed by atoms with Crippen molar-refractivity contribution in [2.24, 2.45) is 0 Å². The van der Waals surface area contributed by atoms with Gasteiger partial charge in [0.1, 0.15) is 0 Å². The standard InChI is InChI=1S/C10H15NOS/c1-2-3-4-5-10(12)9-8-13-7-6-11-9/h9,11H,4-8H2,1H3. The Morgan fingerprint density at radius 3 is 3.15 bits per heavy atom. The van der Waals surface area contributed by atoms with Crippen molar-refractivity contribution in [1.29, 1.82) is 0 Å². The molecule has 1 N–H and O–H groups in total. The Bertz CT molecular complexity index is 223. The SMILES string of the molecule is CC#CCCC(=O)C1CSCCN1. The maximum atomic E-state index is 11.5.